The Hall–Kier alpha value is -1.32. The highest BCUT2D eigenvalue weighted by molar-refractivity contribution is 7.98. The monoisotopic (exact) mass is 272 g/mol. The molecular weight excluding hydrogens is 252 g/mol. The smallest absolute Gasteiger partial charge is 0.0992 e. The van der Waals surface area contributed by atoms with Gasteiger partial charge in [-0.2, -0.15) is 0 Å². The molecule has 100 valence electrons. The second-order valence-electron chi connectivity index (χ2n) is 4.68. The molecule has 0 aliphatic heterocycles. The molecule has 3 heteroatoms. The molecule has 0 radical (unpaired) electrons. The minimum Gasteiger partial charge on any atom is -0.324 e. The lowest BCUT2D eigenvalue weighted by Crippen LogP contribution is -2.09. The summed E-state index contributed by atoms with van der Waals surface area (Å²) in [5.41, 5.74) is 9.69. The quantitative estimate of drug-likeness (QED) is 0.833. The van der Waals surface area contributed by atoms with E-state index in [1.807, 2.05) is 12.3 Å². The third kappa shape index (κ3) is 3.82. The molecule has 0 saturated heterocycles. The Labute approximate surface area is 119 Å². The molecule has 2 nitrogen and oxygen atoms in total. The number of rotatable bonds is 5. The van der Waals surface area contributed by atoms with Crippen LogP contribution in [0.3, 0.4) is 0 Å². The molecule has 2 aromatic rings. The van der Waals surface area contributed by atoms with Gasteiger partial charge in [-0.25, -0.2) is 4.98 Å². The zero-order valence-corrected chi connectivity index (χ0v) is 12.3. The molecule has 0 saturated carbocycles. The van der Waals surface area contributed by atoms with Crippen molar-refractivity contribution in [1.82, 2.24) is 4.98 Å². The van der Waals surface area contributed by atoms with Crippen molar-refractivity contribution in [2.45, 2.75) is 37.1 Å². The first-order valence-electron chi connectivity index (χ1n) is 6.59. The maximum Gasteiger partial charge on any atom is 0.0992 e. The van der Waals surface area contributed by atoms with Crippen LogP contribution >= 0.6 is 11.8 Å². The van der Waals surface area contributed by atoms with Crippen molar-refractivity contribution in [2.24, 2.45) is 5.73 Å². The van der Waals surface area contributed by atoms with Crippen LogP contribution in [0.1, 0.15) is 36.1 Å². The van der Waals surface area contributed by atoms with Gasteiger partial charge in [0, 0.05) is 18.0 Å². The number of hydrogen-bond acceptors (Lipinski definition) is 3. The van der Waals surface area contributed by atoms with E-state index in [0.717, 1.165) is 22.8 Å². The summed E-state index contributed by atoms with van der Waals surface area (Å²) in [4.78, 5) is 4.55. The summed E-state index contributed by atoms with van der Waals surface area (Å²) < 4.78 is 0. The zero-order chi connectivity index (χ0) is 13.7. The Kier molecular flexibility index (Phi) is 5.00. The van der Waals surface area contributed by atoms with Crippen LogP contribution in [0.15, 0.2) is 47.6 Å². The Bertz CT molecular complexity index is 526. The van der Waals surface area contributed by atoms with Gasteiger partial charge in [0.15, 0.2) is 0 Å². The lowest BCUT2D eigenvalue weighted by atomic mass is 10.1. The van der Waals surface area contributed by atoms with Crippen molar-refractivity contribution in [3.63, 3.8) is 0 Å². The van der Waals surface area contributed by atoms with E-state index < -0.39 is 0 Å². The summed E-state index contributed by atoms with van der Waals surface area (Å²) in [5, 5.41) is 1.09. The van der Waals surface area contributed by atoms with Crippen LogP contribution < -0.4 is 5.73 Å². The first-order valence-corrected chi connectivity index (χ1v) is 7.58. The second-order valence-corrected chi connectivity index (χ2v) is 5.64. The fraction of sp³-hybridized carbons (Fsp3) is 0.312. The molecule has 2 N–H and O–H groups in total. The maximum absolute atomic E-state index is 6.03. The predicted molar refractivity (Wildman–Crippen MR) is 82.2 cm³/mol. The topological polar surface area (TPSA) is 38.9 Å². The number of thioether (sulfide) groups is 1. The molecule has 0 fully saturated rings. The van der Waals surface area contributed by atoms with Crippen LogP contribution in [0.25, 0.3) is 0 Å². The number of benzene rings is 1. The Morgan fingerprint density at radius 2 is 2.00 bits per heavy atom. The number of pyridine rings is 1. The minimum absolute atomic E-state index is 0.0966. The normalized spacial score (nSPS) is 12.4. The molecule has 19 heavy (non-hydrogen) atoms. The lowest BCUT2D eigenvalue weighted by Gasteiger charge is -2.11. The van der Waals surface area contributed by atoms with E-state index in [0.29, 0.717) is 0 Å². The van der Waals surface area contributed by atoms with Gasteiger partial charge < -0.3 is 5.73 Å². The van der Waals surface area contributed by atoms with E-state index in [-0.39, 0.29) is 6.04 Å². The Balaban J connectivity index is 2.05. The van der Waals surface area contributed by atoms with E-state index in [1.54, 1.807) is 11.8 Å². The van der Waals surface area contributed by atoms with Gasteiger partial charge in [0.2, 0.25) is 0 Å². The highest BCUT2D eigenvalue weighted by Crippen LogP contribution is 2.26. The highest BCUT2D eigenvalue weighted by atomic mass is 32.2. The van der Waals surface area contributed by atoms with Crippen LogP contribution in [0.2, 0.25) is 0 Å². The Morgan fingerprint density at radius 1 is 1.26 bits per heavy atom. The summed E-state index contributed by atoms with van der Waals surface area (Å²) in [6.45, 7) is 4.20. The van der Waals surface area contributed by atoms with Crippen LogP contribution in [0, 0.1) is 6.92 Å². The van der Waals surface area contributed by atoms with Gasteiger partial charge in [-0.15, -0.1) is 11.8 Å². The number of aryl methyl sites for hydroxylation is 1. The van der Waals surface area contributed by atoms with Crippen LogP contribution in [0.4, 0.5) is 0 Å². The van der Waals surface area contributed by atoms with Crippen molar-refractivity contribution in [1.29, 1.82) is 0 Å². The molecule has 1 unspecified atom stereocenters. The van der Waals surface area contributed by atoms with Gasteiger partial charge in [0.25, 0.3) is 0 Å². The molecule has 1 heterocycles. The lowest BCUT2D eigenvalue weighted by molar-refractivity contribution is 0.691. The highest BCUT2D eigenvalue weighted by Gasteiger charge is 2.07. The minimum atomic E-state index is 0.0966. The third-order valence-electron chi connectivity index (χ3n) is 3.14. The van der Waals surface area contributed by atoms with Crippen LogP contribution in [-0.4, -0.2) is 4.98 Å². The summed E-state index contributed by atoms with van der Waals surface area (Å²) >= 11 is 1.78. The third-order valence-corrected chi connectivity index (χ3v) is 4.32. The van der Waals surface area contributed by atoms with Gasteiger partial charge in [0.05, 0.1) is 5.03 Å². The van der Waals surface area contributed by atoms with Crippen molar-refractivity contribution in [3.05, 3.63) is 59.3 Å². The van der Waals surface area contributed by atoms with Crippen LogP contribution in [0.5, 0.6) is 0 Å². The number of aromatic nitrogens is 1. The fourth-order valence-corrected chi connectivity index (χ4v) is 2.81. The first-order chi connectivity index (χ1) is 9.20. The fourth-order valence-electron chi connectivity index (χ4n) is 1.90. The molecule has 0 aliphatic carbocycles. The van der Waals surface area contributed by atoms with Gasteiger partial charge in [0.1, 0.15) is 0 Å². The summed E-state index contributed by atoms with van der Waals surface area (Å²) in [5.74, 6) is 0.952. The van der Waals surface area contributed by atoms with Crippen LogP contribution in [-0.2, 0) is 5.75 Å². The standard InChI is InChI=1S/C16H20N2S/c1-3-15(17)14-9-12(2)16(18-10-14)19-11-13-7-5-4-6-8-13/h4-10,15H,3,11,17H2,1-2H3. The molecule has 0 amide bonds. The van der Waals surface area contributed by atoms with E-state index in [2.05, 4.69) is 49.2 Å². The largest absolute Gasteiger partial charge is 0.324 e. The van der Waals surface area contributed by atoms with E-state index >= 15 is 0 Å². The summed E-state index contributed by atoms with van der Waals surface area (Å²) in [6.07, 6.45) is 2.85. The van der Waals surface area contributed by atoms with E-state index in [9.17, 15) is 0 Å². The zero-order valence-electron chi connectivity index (χ0n) is 11.5. The summed E-state index contributed by atoms with van der Waals surface area (Å²) in [6, 6.07) is 12.7. The number of nitrogens with two attached hydrogens (primary N) is 1. The van der Waals surface area contributed by atoms with Crippen molar-refractivity contribution in [2.75, 3.05) is 0 Å². The molecule has 1 aromatic carbocycles. The maximum atomic E-state index is 6.03. The molecule has 0 spiro atoms. The predicted octanol–water partition coefficient (Wildman–Crippen LogP) is 4.09. The van der Waals surface area contributed by atoms with Crippen molar-refractivity contribution >= 4 is 11.8 Å². The first kappa shape index (κ1) is 14.1. The molecule has 0 aliphatic rings. The Morgan fingerprint density at radius 3 is 2.63 bits per heavy atom. The second kappa shape index (κ2) is 6.73. The van der Waals surface area contributed by atoms with Gasteiger partial charge >= 0.3 is 0 Å². The molecule has 1 atom stereocenters. The van der Waals surface area contributed by atoms with Crippen molar-refractivity contribution < 1.29 is 0 Å². The molecule has 2 rings (SSSR count). The van der Waals surface area contributed by atoms with Gasteiger partial charge in [-0.3, -0.25) is 0 Å². The number of hydrogen-bond donors (Lipinski definition) is 1. The number of nitrogens with zero attached hydrogens (tertiary/aromatic N) is 1. The molecule has 1 aromatic heterocycles. The molecule has 0 bridgehead atoms. The van der Waals surface area contributed by atoms with Gasteiger partial charge in [-0.05, 0) is 30.0 Å². The van der Waals surface area contributed by atoms with E-state index in [4.69, 9.17) is 5.73 Å². The van der Waals surface area contributed by atoms with Gasteiger partial charge in [-0.1, -0.05) is 43.3 Å². The average molecular weight is 272 g/mol. The van der Waals surface area contributed by atoms with Crippen molar-refractivity contribution in [3.8, 4) is 0 Å². The summed E-state index contributed by atoms with van der Waals surface area (Å²) in [7, 11) is 0. The SMILES string of the molecule is CCC(N)c1cnc(SCc2ccccc2)c(C)c1. The van der Waals surface area contributed by atoms with E-state index in [1.165, 1.54) is 11.1 Å². The molecular formula is C16H20N2S. The average Bonchev–Trinajstić information content (AvgIpc) is 2.46.